The Labute approximate surface area is 197 Å². The number of para-hydroxylation sites is 2. The van der Waals surface area contributed by atoms with E-state index in [-0.39, 0.29) is 31.4 Å². The molecule has 3 amide bonds. The first kappa shape index (κ1) is 22.6. The Morgan fingerprint density at radius 3 is 2.36 bits per heavy atom. The molecule has 1 fully saturated rings. The van der Waals surface area contributed by atoms with Crippen LogP contribution in [0.3, 0.4) is 0 Å². The number of benzene rings is 3. The van der Waals surface area contributed by atoms with Crippen molar-refractivity contribution in [2.75, 3.05) is 18.1 Å². The van der Waals surface area contributed by atoms with Crippen molar-refractivity contribution in [1.82, 2.24) is 4.90 Å². The molecule has 3 aromatic rings. The second-order valence-corrected chi connectivity index (χ2v) is 8.13. The Kier molecular flexibility index (Phi) is 7.05. The standard InChI is InChI=1S/C26H23ClN2O4/c27-20-9-7-8-19(16-20)14-15-28(25(31)18-33-22-12-5-2-6-13-22)23-17-24(30)29(26(23)32)21-10-3-1-4-11-21/h1-13,16,23H,14-15,17-18H2. The van der Waals surface area contributed by atoms with Crippen LogP contribution in [-0.4, -0.2) is 41.8 Å². The minimum Gasteiger partial charge on any atom is -0.484 e. The molecule has 4 rings (SSSR count). The number of carbonyl (C=O) groups excluding carboxylic acids is 3. The van der Waals surface area contributed by atoms with Crippen LogP contribution in [0, 0.1) is 0 Å². The maximum atomic E-state index is 13.3. The number of amides is 3. The van der Waals surface area contributed by atoms with E-state index in [4.69, 9.17) is 16.3 Å². The second-order valence-electron chi connectivity index (χ2n) is 7.69. The number of carbonyl (C=O) groups is 3. The van der Waals surface area contributed by atoms with E-state index < -0.39 is 11.9 Å². The Bertz CT molecular complexity index is 1140. The first-order valence-electron chi connectivity index (χ1n) is 10.7. The maximum absolute atomic E-state index is 13.3. The van der Waals surface area contributed by atoms with E-state index in [0.717, 1.165) is 10.5 Å². The molecule has 0 bridgehead atoms. The fraction of sp³-hybridized carbons (Fsp3) is 0.192. The third kappa shape index (κ3) is 5.41. The van der Waals surface area contributed by atoms with Gasteiger partial charge in [0.2, 0.25) is 5.91 Å². The van der Waals surface area contributed by atoms with Gasteiger partial charge in [0, 0.05) is 11.6 Å². The number of hydrogen-bond donors (Lipinski definition) is 0. The predicted molar refractivity (Wildman–Crippen MR) is 126 cm³/mol. The van der Waals surface area contributed by atoms with Crippen molar-refractivity contribution in [1.29, 1.82) is 0 Å². The third-order valence-corrected chi connectivity index (χ3v) is 5.70. The van der Waals surface area contributed by atoms with E-state index in [2.05, 4.69) is 0 Å². The van der Waals surface area contributed by atoms with Crippen molar-refractivity contribution in [2.45, 2.75) is 18.9 Å². The average molecular weight is 463 g/mol. The van der Waals surface area contributed by atoms with Gasteiger partial charge in [-0.05, 0) is 48.4 Å². The third-order valence-electron chi connectivity index (χ3n) is 5.47. The molecule has 0 spiro atoms. The van der Waals surface area contributed by atoms with Crippen molar-refractivity contribution in [3.05, 3.63) is 95.5 Å². The van der Waals surface area contributed by atoms with Gasteiger partial charge in [-0.3, -0.25) is 14.4 Å². The van der Waals surface area contributed by atoms with Gasteiger partial charge in [0.15, 0.2) is 6.61 Å². The van der Waals surface area contributed by atoms with Gasteiger partial charge in [0.05, 0.1) is 12.1 Å². The van der Waals surface area contributed by atoms with Crippen LogP contribution in [0.25, 0.3) is 0 Å². The van der Waals surface area contributed by atoms with Crippen molar-refractivity contribution in [3.63, 3.8) is 0 Å². The molecule has 3 aromatic carbocycles. The Hall–Kier alpha value is -3.64. The molecule has 0 N–H and O–H groups in total. The number of nitrogens with zero attached hydrogens (tertiary/aromatic N) is 2. The Balaban J connectivity index is 1.54. The van der Waals surface area contributed by atoms with Gasteiger partial charge in [0.25, 0.3) is 11.8 Å². The summed E-state index contributed by atoms with van der Waals surface area (Å²) in [5.74, 6) is -0.548. The highest BCUT2D eigenvalue weighted by atomic mass is 35.5. The lowest BCUT2D eigenvalue weighted by Gasteiger charge is -2.28. The van der Waals surface area contributed by atoms with Crippen LogP contribution in [0.2, 0.25) is 5.02 Å². The summed E-state index contributed by atoms with van der Waals surface area (Å²) in [6.45, 7) is 0.0203. The lowest BCUT2D eigenvalue weighted by molar-refractivity contribution is -0.140. The molecule has 1 atom stereocenters. The zero-order valence-corrected chi connectivity index (χ0v) is 18.6. The van der Waals surface area contributed by atoms with Gasteiger partial charge < -0.3 is 9.64 Å². The van der Waals surface area contributed by atoms with Gasteiger partial charge in [-0.1, -0.05) is 60.1 Å². The molecule has 1 aliphatic rings. The molecule has 1 saturated heterocycles. The molecule has 33 heavy (non-hydrogen) atoms. The van der Waals surface area contributed by atoms with E-state index in [9.17, 15) is 14.4 Å². The molecule has 1 heterocycles. The summed E-state index contributed by atoms with van der Waals surface area (Å²) in [4.78, 5) is 41.8. The first-order chi connectivity index (χ1) is 16.0. The van der Waals surface area contributed by atoms with E-state index in [1.165, 1.54) is 4.90 Å². The number of halogens is 1. The lowest BCUT2D eigenvalue weighted by atomic mass is 10.1. The molecular weight excluding hydrogens is 440 g/mol. The molecule has 0 aromatic heterocycles. The molecule has 6 nitrogen and oxygen atoms in total. The highest BCUT2D eigenvalue weighted by Crippen LogP contribution is 2.26. The summed E-state index contributed by atoms with van der Waals surface area (Å²) in [6.07, 6.45) is 0.418. The summed E-state index contributed by atoms with van der Waals surface area (Å²) in [5, 5.41) is 0.597. The van der Waals surface area contributed by atoms with Crippen molar-refractivity contribution < 1.29 is 19.1 Å². The van der Waals surface area contributed by atoms with Gasteiger partial charge in [-0.15, -0.1) is 0 Å². The fourth-order valence-corrected chi connectivity index (χ4v) is 4.06. The number of ether oxygens (including phenoxy) is 1. The van der Waals surface area contributed by atoms with Gasteiger partial charge in [0.1, 0.15) is 11.8 Å². The number of anilines is 1. The fourth-order valence-electron chi connectivity index (χ4n) is 3.85. The highest BCUT2D eigenvalue weighted by Gasteiger charge is 2.44. The summed E-state index contributed by atoms with van der Waals surface area (Å²) >= 11 is 6.09. The summed E-state index contributed by atoms with van der Waals surface area (Å²) in [5.41, 5.74) is 1.43. The molecule has 0 radical (unpaired) electrons. The maximum Gasteiger partial charge on any atom is 0.261 e. The molecule has 168 valence electrons. The highest BCUT2D eigenvalue weighted by molar-refractivity contribution is 6.30. The number of hydrogen-bond acceptors (Lipinski definition) is 4. The molecule has 1 unspecified atom stereocenters. The largest absolute Gasteiger partial charge is 0.484 e. The van der Waals surface area contributed by atoms with Crippen LogP contribution in [0.15, 0.2) is 84.9 Å². The predicted octanol–water partition coefficient (Wildman–Crippen LogP) is 4.12. The van der Waals surface area contributed by atoms with E-state index in [0.29, 0.717) is 22.9 Å². The number of rotatable bonds is 8. The van der Waals surface area contributed by atoms with Gasteiger partial charge in [-0.2, -0.15) is 0 Å². The van der Waals surface area contributed by atoms with E-state index >= 15 is 0 Å². The smallest absolute Gasteiger partial charge is 0.261 e. The minimum atomic E-state index is -0.885. The molecular formula is C26H23ClN2O4. The first-order valence-corrected chi connectivity index (χ1v) is 11.0. The van der Waals surface area contributed by atoms with Crippen LogP contribution in [0.1, 0.15) is 12.0 Å². The average Bonchev–Trinajstić information content (AvgIpc) is 3.12. The van der Waals surface area contributed by atoms with Crippen molar-refractivity contribution >= 4 is 35.0 Å². The van der Waals surface area contributed by atoms with Crippen molar-refractivity contribution in [2.24, 2.45) is 0 Å². The quantitative estimate of drug-likeness (QED) is 0.472. The lowest BCUT2D eigenvalue weighted by Crippen LogP contribution is -2.48. The zero-order chi connectivity index (χ0) is 23.2. The summed E-state index contributed by atoms with van der Waals surface area (Å²) < 4.78 is 5.63. The van der Waals surface area contributed by atoms with Crippen LogP contribution < -0.4 is 9.64 Å². The van der Waals surface area contributed by atoms with Gasteiger partial charge in [-0.25, -0.2) is 4.90 Å². The summed E-state index contributed by atoms with van der Waals surface area (Å²) in [6, 6.07) is 24.2. The summed E-state index contributed by atoms with van der Waals surface area (Å²) in [7, 11) is 0. The van der Waals surface area contributed by atoms with Gasteiger partial charge >= 0.3 is 0 Å². The zero-order valence-electron chi connectivity index (χ0n) is 17.9. The topological polar surface area (TPSA) is 66.9 Å². The Morgan fingerprint density at radius 2 is 1.67 bits per heavy atom. The van der Waals surface area contributed by atoms with Crippen LogP contribution in [0.5, 0.6) is 5.75 Å². The normalized spacial score (nSPS) is 15.5. The molecule has 1 aliphatic heterocycles. The SMILES string of the molecule is O=C1CC(N(CCc2cccc(Cl)c2)C(=O)COc2ccccc2)C(=O)N1c1ccccc1. The number of imide groups is 1. The Morgan fingerprint density at radius 1 is 0.970 bits per heavy atom. The van der Waals surface area contributed by atoms with Crippen LogP contribution >= 0.6 is 11.6 Å². The molecule has 7 heteroatoms. The van der Waals surface area contributed by atoms with E-state index in [1.54, 1.807) is 42.5 Å². The second kappa shape index (κ2) is 10.3. The van der Waals surface area contributed by atoms with Crippen LogP contribution in [-0.2, 0) is 20.8 Å². The van der Waals surface area contributed by atoms with Crippen molar-refractivity contribution in [3.8, 4) is 5.75 Å². The molecule has 0 aliphatic carbocycles. The van der Waals surface area contributed by atoms with Crippen LogP contribution in [0.4, 0.5) is 5.69 Å². The minimum absolute atomic E-state index is 0.0691. The van der Waals surface area contributed by atoms with E-state index in [1.807, 2.05) is 42.5 Å². The monoisotopic (exact) mass is 462 g/mol. The molecule has 0 saturated carbocycles.